The first kappa shape index (κ1) is 18.5. The number of rotatable bonds is 9. The third-order valence-electron chi connectivity index (χ3n) is 3.33. The summed E-state index contributed by atoms with van der Waals surface area (Å²) >= 11 is 0. The highest BCUT2D eigenvalue weighted by Crippen LogP contribution is 2.13. The number of likely N-dealkylation sites (N-methyl/N-ethyl adjacent to an activating group) is 1. The van der Waals surface area contributed by atoms with E-state index < -0.39 is 5.54 Å². The maximum atomic E-state index is 12.0. The fraction of sp³-hybridized carbons (Fsp3) is 0.733. The third kappa shape index (κ3) is 6.07. The van der Waals surface area contributed by atoms with E-state index in [1.54, 1.807) is 11.8 Å². The van der Waals surface area contributed by atoms with Crippen molar-refractivity contribution in [2.45, 2.75) is 46.1 Å². The first-order chi connectivity index (χ1) is 9.46. The van der Waals surface area contributed by atoms with Gasteiger partial charge in [0.2, 0.25) is 5.91 Å². The Morgan fingerprint density at radius 1 is 1.20 bits per heavy atom. The van der Waals surface area contributed by atoms with Gasteiger partial charge in [0.15, 0.2) is 0 Å². The number of amides is 1. The van der Waals surface area contributed by atoms with Gasteiger partial charge in [-0.25, -0.2) is 0 Å². The summed E-state index contributed by atoms with van der Waals surface area (Å²) in [7, 11) is 0. The van der Waals surface area contributed by atoms with E-state index in [4.69, 9.17) is 11.2 Å². The monoisotopic (exact) mass is 282 g/mol. The Labute approximate surface area is 122 Å². The molecule has 0 rings (SSSR count). The van der Waals surface area contributed by atoms with E-state index in [9.17, 15) is 9.59 Å². The van der Waals surface area contributed by atoms with Crippen LogP contribution in [0.1, 0.15) is 40.5 Å². The van der Waals surface area contributed by atoms with Gasteiger partial charge in [-0.05, 0) is 26.3 Å². The first-order valence-corrected chi connectivity index (χ1v) is 7.13. The molecule has 1 N–H and O–H groups in total. The zero-order valence-corrected chi connectivity index (χ0v) is 13.0. The number of ether oxygens (including phenoxy) is 1. The minimum atomic E-state index is -0.597. The number of nitrogens with zero attached hydrogens (tertiary/aromatic N) is 1. The van der Waals surface area contributed by atoms with Crippen molar-refractivity contribution in [1.82, 2.24) is 10.2 Å². The Bertz CT molecular complexity index is 357. The second-order valence-electron chi connectivity index (χ2n) is 4.59. The number of hydrogen-bond acceptors (Lipinski definition) is 4. The molecule has 114 valence electrons. The molecule has 0 atom stereocenters. The van der Waals surface area contributed by atoms with Gasteiger partial charge in [-0.15, -0.1) is 6.42 Å². The molecule has 0 unspecified atom stereocenters. The van der Waals surface area contributed by atoms with Crippen molar-refractivity contribution in [2.24, 2.45) is 0 Å². The quantitative estimate of drug-likeness (QED) is 0.509. The minimum Gasteiger partial charge on any atom is -0.465 e. The molecule has 0 saturated heterocycles. The van der Waals surface area contributed by atoms with E-state index in [0.717, 1.165) is 0 Å². The van der Waals surface area contributed by atoms with Crippen molar-refractivity contribution in [3.63, 3.8) is 0 Å². The zero-order chi connectivity index (χ0) is 15.6. The third-order valence-corrected chi connectivity index (χ3v) is 3.33. The molecule has 0 aliphatic heterocycles. The van der Waals surface area contributed by atoms with Crippen LogP contribution in [0.3, 0.4) is 0 Å². The molecule has 0 aliphatic carbocycles. The van der Waals surface area contributed by atoms with Crippen molar-refractivity contribution >= 4 is 11.9 Å². The summed E-state index contributed by atoms with van der Waals surface area (Å²) in [6, 6.07) is 0. The van der Waals surface area contributed by atoms with Crippen LogP contribution in [0.2, 0.25) is 0 Å². The lowest BCUT2D eigenvalue weighted by Crippen LogP contribution is -2.50. The number of nitrogens with one attached hydrogen (secondary N) is 1. The number of carbonyl (C=O) groups excluding carboxylic acids is 2. The van der Waals surface area contributed by atoms with Gasteiger partial charge in [0.1, 0.15) is 5.54 Å². The summed E-state index contributed by atoms with van der Waals surface area (Å²) in [5.74, 6) is 2.16. The second-order valence-corrected chi connectivity index (χ2v) is 4.59. The fourth-order valence-corrected chi connectivity index (χ4v) is 1.85. The maximum Gasteiger partial charge on any atom is 0.320 e. The number of carbonyl (C=O) groups is 2. The van der Waals surface area contributed by atoms with Crippen LogP contribution in [-0.2, 0) is 14.3 Å². The minimum absolute atomic E-state index is 0.110. The molecule has 20 heavy (non-hydrogen) atoms. The average Bonchev–Trinajstić information content (AvgIpc) is 2.44. The molecule has 0 aromatic carbocycles. The Balaban J connectivity index is 4.49. The van der Waals surface area contributed by atoms with Gasteiger partial charge >= 0.3 is 5.97 Å². The summed E-state index contributed by atoms with van der Waals surface area (Å²) in [6.07, 6.45) is 6.86. The van der Waals surface area contributed by atoms with Crippen LogP contribution in [-0.4, -0.2) is 48.6 Å². The maximum absolute atomic E-state index is 12.0. The van der Waals surface area contributed by atoms with Gasteiger partial charge in [-0.3, -0.25) is 14.5 Å². The van der Waals surface area contributed by atoms with Crippen LogP contribution < -0.4 is 5.32 Å². The number of hydrogen-bond donors (Lipinski definition) is 1. The molecule has 0 heterocycles. The van der Waals surface area contributed by atoms with E-state index in [0.29, 0.717) is 26.0 Å². The summed E-state index contributed by atoms with van der Waals surface area (Å²) in [5.41, 5.74) is -0.597. The van der Waals surface area contributed by atoms with Crippen LogP contribution in [0.25, 0.3) is 0 Å². The standard InChI is InChI=1S/C15H26N2O3/c1-6-15(7-2,8-3)16-13(18)11-17(9-4)12-14(19)20-10-5/h1H,7-12H2,2-5H3,(H,16,18). The van der Waals surface area contributed by atoms with E-state index >= 15 is 0 Å². The van der Waals surface area contributed by atoms with Gasteiger partial charge < -0.3 is 10.1 Å². The molecule has 0 radical (unpaired) electrons. The number of esters is 1. The topological polar surface area (TPSA) is 58.6 Å². The van der Waals surface area contributed by atoms with Crippen molar-refractivity contribution in [2.75, 3.05) is 26.2 Å². The summed E-state index contributed by atoms with van der Waals surface area (Å²) in [5, 5.41) is 2.88. The largest absolute Gasteiger partial charge is 0.465 e. The molecular weight excluding hydrogens is 256 g/mol. The SMILES string of the molecule is C#CC(CC)(CC)NC(=O)CN(CC)CC(=O)OCC. The van der Waals surface area contributed by atoms with Gasteiger partial charge in [0.05, 0.1) is 19.7 Å². The highest BCUT2D eigenvalue weighted by atomic mass is 16.5. The Morgan fingerprint density at radius 2 is 1.80 bits per heavy atom. The summed E-state index contributed by atoms with van der Waals surface area (Å²) in [6.45, 7) is 8.71. The van der Waals surface area contributed by atoms with E-state index in [1.165, 1.54) is 0 Å². The van der Waals surface area contributed by atoms with Crippen molar-refractivity contribution in [3.8, 4) is 12.3 Å². The first-order valence-electron chi connectivity index (χ1n) is 7.13. The average molecular weight is 282 g/mol. The fourth-order valence-electron chi connectivity index (χ4n) is 1.85. The van der Waals surface area contributed by atoms with Crippen LogP contribution in [0, 0.1) is 12.3 Å². The molecule has 0 aromatic rings. The molecule has 0 fully saturated rings. The molecule has 0 bridgehead atoms. The molecule has 1 amide bonds. The van der Waals surface area contributed by atoms with Crippen LogP contribution >= 0.6 is 0 Å². The van der Waals surface area contributed by atoms with E-state index in [-0.39, 0.29) is 25.0 Å². The second kappa shape index (κ2) is 9.38. The molecular formula is C15H26N2O3. The summed E-state index contributed by atoms with van der Waals surface area (Å²) < 4.78 is 4.88. The molecule has 0 spiro atoms. The van der Waals surface area contributed by atoms with Crippen molar-refractivity contribution in [3.05, 3.63) is 0 Å². The van der Waals surface area contributed by atoms with Gasteiger partial charge in [0.25, 0.3) is 0 Å². The normalized spacial score (nSPS) is 11.0. The highest BCUT2D eigenvalue weighted by Gasteiger charge is 2.26. The Hall–Kier alpha value is -1.54. The lowest BCUT2D eigenvalue weighted by atomic mass is 9.94. The Morgan fingerprint density at radius 3 is 2.20 bits per heavy atom. The van der Waals surface area contributed by atoms with Crippen LogP contribution in [0.4, 0.5) is 0 Å². The lowest BCUT2D eigenvalue weighted by Gasteiger charge is -2.28. The van der Waals surface area contributed by atoms with Crippen molar-refractivity contribution < 1.29 is 14.3 Å². The van der Waals surface area contributed by atoms with Gasteiger partial charge in [0, 0.05) is 0 Å². The van der Waals surface area contributed by atoms with E-state index in [2.05, 4.69) is 11.2 Å². The van der Waals surface area contributed by atoms with Gasteiger partial charge in [-0.1, -0.05) is 26.7 Å². The van der Waals surface area contributed by atoms with E-state index in [1.807, 2.05) is 20.8 Å². The highest BCUT2D eigenvalue weighted by molar-refractivity contribution is 5.80. The smallest absolute Gasteiger partial charge is 0.320 e. The zero-order valence-electron chi connectivity index (χ0n) is 13.0. The number of terminal acetylenes is 1. The van der Waals surface area contributed by atoms with Crippen LogP contribution in [0.5, 0.6) is 0 Å². The summed E-state index contributed by atoms with van der Waals surface area (Å²) in [4.78, 5) is 25.2. The molecule has 0 saturated carbocycles. The lowest BCUT2D eigenvalue weighted by molar-refractivity contribution is -0.144. The molecule has 0 aliphatic rings. The van der Waals surface area contributed by atoms with Gasteiger partial charge in [-0.2, -0.15) is 0 Å². The molecule has 0 aromatic heterocycles. The van der Waals surface area contributed by atoms with Crippen LogP contribution in [0.15, 0.2) is 0 Å². The molecule has 5 nitrogen and oxygen atoms in total. The predicted molar refractivity (Wildman–Crippen MR) is 79.0 cm³/mol. The predicted octanol–water partition coefficient (Wildman–Crippen LogP) is 1.18. The Kier molecular flexibility index (Phi) is 8.66. The van der Waals surface area contributed by atoms with Crippen molar-refractivity contribution in [1.29, 1.82) is 0 Å². The molecule has 5 heteroatoms.